The smallest absolute Gasteiger partial charge is 0.253 e. The predicted octanol–water partition coefficient (Wildman–Crippen LogP) is 5.12. The van der Waals surface area contributed by atoms with Crippen molar-refractivity contribution >= 4 is 29.3 Å². The van der Waals surface area contributed by atoms with Gasteiger partial charge in [0.25, 0.3) is 5.91 Å². The third-order valence-electron chi connectivity index (χ3n) is 3.79. The van der Waals surface area contributed by atoms with Crippen LogP contribution in [0.2, 0.25) is 5.02 Å². The lowest BCUT2D eigenvalue weighted by atomic mass is 10.1. The van der Waals surface area contributed by atoms with Crippen LogP contribution in [0.4, 0.5) is 0 Å². The molecule has 0 bridgehead atoms. The van der Waals surface area contributed by atoms with Gasteiger partial charge in [0, 0.05) is 39.9 Å². The monoisotopic (exact) mass is 363 g/mol. The summed E-state index contributed by atoms with van der Waals surface area (Å²) in [6.45, 7) is 5.39. The summed E-state index contributed by atoms with van der Waals surface area (Å²) < 4.78 is 5.44. The SMILES string of the molecule is CCN(CC)C(=O)c1ccc(OC)c(CSc2ccc(Cl)cc2)c1. The topological polar surface area (TPSA) is 29.5 Å². The van der Waals surface area contributed by atoms with Crippen molar-refractivity contribution in [1.29, 1.82) is 0 Å². The lowest BCUT2D eigenvalue weighted by Gasteiger charge is -2.19. The van der Waals surface area contributed by atoms with E-state index in [1.54, 1.807) is 18.9 Å². The van der Waals surface area contributed by atoms with Gasteiger partial charge in [0.1, 0.15) is 5.75 Å². The third-order valence-corrected chi connectivity index (χ3v) is 5.10. The molecular formula is C19H22ClNO2S. The summed E-state index contributed by atoms with van der Waals surface area (Å²) in [5, 5.41) is 0.726. The van der Waals surface area contributed by atoms with Gasteiger partial charge in [-0.05, 0) is 56.3 Å². The number of hydrogen-bond donors (Lipinski definition) is 0. The van der Waals surface area contributed by atoms with Crippen LogP contribution in [0.1, 0.15) is 29.8 Å². The molecule has 0 saturated carbocycles. The van der Waals surface area contributed by atoms with Gasteiger partial charge in [0.15, 0.2) is 0 Å². The van der Waals surface area contributed by atoms with Crippen LogP contribution in [0.3, 0.4) is 0 Å². The van der Waals surface area contributed by atoms with Gasteiger partial charge in [0.05, 0.1) is 7.11 Å². The Bertz CT molecular complexity index is 684. The zero-order valence-corrected chi connectivity index (χ0v) is 15.8. The molecule has 0 aliphatic rings. The Morgan fingerprint density at radius 1 is 1.12 bits per heavy atom. The van der Waals surface area contributed by atoms with Gasteiger partial charge >= 0.3 is 0 Å². The Hall–Kier alpha value is -1.65. The molecule has 128 valence electrons. The molecule has 0 unspecified atom stereocenters. The molecule has 3 nitrogen and oxygen atoms in total. The van der Waals surface area contributed by atoms with Crippen molar-refractivity contribution in [3.05, 3.63) is 58.6 Å². The Morgan fingerprint density at radius 2 is 1.79 bits per heavy atom. The Kier molecular flexibility index (Phi) is 7.00. The van der Waals surface area contributed by atoms with Crippen LogP contribution < -0.4 is 4.74 Å². The third kappa shape index (κ3) is 4.68. The van der Waals surface area contributed by atoms with Crippen molar-refractivity contribution < 1.29 is 9.53 Å². The summed E-state index contributed by atoms with van der Waals surface area (Å²) in [6, 6.07) is 13.4. The molecule has 0 atom stereocenters. The molecule has 1 amide bonds. The molecule has 0 aliphatic carbocycles. The highest BCUT2D eigenvalue weighted by Crippen LogP contribution is 2.29. The number of rotatable bonds is 7. The van der Waals surface area contributed by atoms with Crippen molar-refractivity contribution in [2.24, 2.45) is 0 Å². The average molecular weight is 364 g/mol. The molecule has 24 heavy (non-hydrogen) atoms. The fourth-order valence-electron chi connectivity index (χ4n) is 2.41. The normalized spacial score (nSPS) is 10.5. The van der Waals surface area contributed by atoms with Crippen molar-refractivity contribution in [2.45, 2.75) is 24.5 Å². The summed E-state index contributed by atoms with van der Waals surface area (Å²) in [7, 11) is 1.65. The minimum Gasteiger partial charge on any atom is -0.496 e. The first-order valence-corrected chi connectivity index (χ1v) is 9.30. The standard InChI is InChI=1S/C19H22ClNO2S/c1-4-21(5-2)19(22)14-6-11-18(23-3)15(12-14)13-24-17-9-7-16(20)8-10-17/h6-12H,4-5,13H2,1-3H3. The number of benzene rings is 2. The van der Waals surface area contributed by atoms with Gasteiger partial charge < -0.3 is 9.64 Å². The number of halogens is 1. The molecule has 0 aromatic heterocycles. The van der Waals surface area contributed by atoms with Crippen molar-refractivity contribution in [1.82, 2.24) is 4.90 Å². The van der Waals surface area contributed by atoms with Gasteiger partial charge in [-0.2, -0.15) is 0 Å². The van der Waals surface area contributed by atoms with Crippen LogP contribution in [0.5, 0.6) is 5.75 Å². The van der Waals surface area contributed by atoms with E-state index in [1.807, 2.05) is 61.2 Å². The molecule has 2 rings (SSSR count). The van der Waals surface area contributed by atoms with E-state index in [0.717, 1.165) is 27.0 Å². The van der Waals surface area contributed by atoms with Crippen molar-refractivity contribution in [3.8, 4) is 5.75 Å². The molecule has 0 spiro atoms. The summed E-state index contributed by atoms with van der Waals surface area (Å²) in [6.07, 6.45) is 0. The van der Waals surface area contributed by atoms with E-state index in [2.05, 4.69) is 0 Å². The van der Waals surface area contributed by atoms with Gasteiger partial charge in [0.2, 0.25) is 0 Å². The number of thioether (sulfide) groups is 1. The first-order valence-electron chi connectivity index (χ1n) is 7.93. The molecule has 0 N–H and O–H groups in total. The average Bonchev–Trinajstić information content (AvgIpc) is 2.62. The lowest BCUT2D eigenvalue weighted by molar-refractivity contribution is 0.0773. The van der Waals surface area contributed by atoms with Gasteiger partial charge in [-0.3, -0.25) is 4.79 Å². The van der Waals surface area contributed by atoms with Crippen molar-refractivity contribution in [3.63, 3.8) is 0 Å². The highest BCUT2D eigenvalue weighted by Gasteiger charge is 2.15. The molecule has 5 heteroatoms. The Balaban J connectivity index is 2.19. The molecule has 2 aromatic rings. The van der Waals surface area contributed by atoms with E-state index in [1.165, 1.54) is 0 Å². The number of hydrogen-bond acceptors (Lipinski definition) is 3. The number of carbonyl (C=O) groups excluding carboxylic acids is 1. The number of amides is 1. The van der Waals surface area contributed by atoms with Crippen LogP contribution in [0.15, 0.2) is 47.4 Å². The first-order chi connectivity index (χ1) is 11.6. The Labute approximate surface area is 153 Å². The van der Waals surface area contributed by atoms with E-state index in [0.29, 0.717) is 18.7 Å². The predicted molar refractivity (Wildman–Crippen MR) is 101 cm³/mol. The second kappa shape index (κ2) is 9.00. The van der Waals surface area contributed by atoms with E-state index >= 15 is 0 Å². The van der Waals surface area contributed by atoms with E-state index in [9.17, 15) is 4.79 Å². The molecular weight excluding hydrogens is 342 g/mol. The quantitative estimate of drug-likeness (QED) is 0.639. The summed E-state index contributed by atoms with van der Waals surface area (Å²) >= 11 is 7.61. The lowest BCUT2D eigenvalue weighted by Crippen LogP contribution is -2.30. The summed E-state index contributed by atoms with van der Waals surface area (Å²) in [5.41, 5.74) is 1.71. The molecule has 0 heterocycles. The van der Waals surface area contributed by atoms with E-state index in [-0.39, 0.29) is 5.91 Å². The van der Waals surface area contributed by atoms with Crippen molar-refractivity contribution in [2.75, 3.05) is 20.2 Å². The molecule has 0 aliphatic heterocycles. The number of carbonyl (C=O) groups is 1. The van der Waals surface area contributed by atoms with E-state index < -0.39 is 0 Å². The molecule has 0 fully saturated rings. The van der Waals surface area contributed by atoms with Crippen LogP contribution >= 0.6 is 23.4 Å². The zero-order valence-electron chi connectivity index (χ0n) is 14.2. The second-order valence-electron chi connectivity index (χ2n) is 5.25. The van der Waals surface area contributed by atoms with Gasteiger partial charge in [-0.25, -0.2) is 0 Å². The first kappa shape index (κ1) is 18.7. The largest absolute Gasteiger partial charge is 0.496 e. The molecule has 2 aromatic carbocycles. The highest BCUT2D eigenvalue weighted by molar-refractivity contribution is 7.98. The number of ether oxygens (including phenoxy) is 1. The second-order valence-corrected chi connectivity index (χ2v) is 6.73. The van der Waals surface area contributed by atoms with Crippen LogP contribution in [-0.2, 0) is 5.75 Å². The number of methoxy groups -OCH3 is 1. The summed E-state index contributed by atoms with van der Waals surface area (Å²) in [5.74, 6) is 1.58. The molecule has 0 saturated heterocycles. The summed E-state index contributed by atoms with van der Waals surface area (Å²) in [4.78, 5) is 15.5. The minimum atomic E-state index is 0.0559. The van der Waals surface area contributed by atoms with Gasteiger partial charge in [-0.1, -0.05) is 11.6 Å². The highest BCUT2D eigenvalue weighted by atomic mass is 35.5. The molecule has 0 radical (unpaired) electrons. The Morgan fingerprint density at radius 3 is 2.38 bits per heavy atom. The zero-order chi connectivity index (χ0) is 17.5. The maximum atomic E-state index is 12.5. The fraction of sp³-hybridized carbons (Fsp3) is 0.316. The fourth-order valence-corrected chi connectivity index (χ4v) is 3.41. The van der Waals surface area contributed by atoms with Crippen LogP contribution in [-0.4, -0.2) is 31.0 Å². The van der Waals surface area contributed by atoms with Crippen LogP contribution in [0.25, 0.3) is 0 Å². The maximum absolute atomic E-state index is 12.5. The maximum Gasteiger partial charge on any atom is 0.253 e. The number of nitrogens with zero attached hydrogens (tertiary/aromatic N) is 1. The van der Waals surface area contributed by atoms with Crippen LogP contribution in [0, 0.1) is 0 Å². The van der Waals surface area contributed by atoms with E-state index in [4.69, 9.17) is 16.3 Å². The van der Waals surface area contributed by atoms with Gasteiger partial charge in [-0.15, -0.1) is 11.8 Å². The minimum absolute atomic E-state index is 0.0559.